The van der Waals surface area contributed by atoms with Crippen LogP contribution in [0.5, 0.6) is 0 Å². The summed E-state index contributed by atoms with van der Waals surface area (Å²) in [7, 11) is 0. The predicted molar refractivity (Wildman–Crippen MR) is 63.6 cm³/mol. The van der Waals surface area contributed by atoms with Gasteiger partial charge in [0.25, 0.3) is 0 Å². The molecule has 0 saturated carbocycles. The normalized spacial score (nSPS) is 10.4. The fourth-order valence-electron chi connectivity index (χ4n) is 1.43. The summed E-state index contributed by atoms with van der Waals surface area (Å²) in [5, 5.41) is 7.54. The van der Waals surface area contributed by atoms with Crippen molar-refractivity contribution < 1.29 is 4.74 Å². The Bertz CT molecular complexity index is 314. The Morgan fingerprint density at radius 3 is 2.33 bits per heavy atom. The molecule has 1 aromatic carbocycles. The second-order valence-corrected chi connectivity index (χ2v) is 3.93. The first-order chi connectivity index (χ1) is 7.13. The highest BCUT2D eigenvalue weighted by Gasteiger charge is 2.01. The molecule has 1 N–H and O–H groups in total. The van der Waals surface area contributed by atoms with Gasteiger partial charge in [0.2, 0.25) is 0 Å². The summed E-state index contributed by atoms with van der Waals surface area (Å²) in [5.74, 6) is 0.903. The lowest BCUT2D eigenvalue weighted by Crippen LogP contribution is -2.06. The summed E-state index contributed by atoms with van der Waals surface area (Å²) < 4.78 is 5.11. The number of rotatable bonds is 4. The summed E-state index contributed by atoms with van der Waals surface area (Å²) >= 11 is 0. The van der Waals surface area contributed by atoms with Crippen LogP contribution in [0.25, 0.3) is 0 Å². The van der Waals surface area contributed by atoms with E-state index in [9.17, 15) is 0 Å². The fraction of sp³-hybridized carbons (Fsp3) is 0.462. The van der Waals surface area contributed by atoms with Crippen molar-refractivity contribution >= 4 is 5.90 Å². The van der Waals surface area contributed by atoms with Crippen molar-refractivity contribution in [1.29, 1.82) is 5.41 Å². The minimum absolute atomic E-state index is 0.342. The van der Waals surface area contributed by atoms with Gasteiger partial charge in [-0.05, 0) is 24.0 Å². The first-order valence-corrected chi connectivity index (χ1v) is 5.42. The standard InChI is InChI=1S/C13H19NO/c1-4-15-13(14)9-11-5-7-12(8-6-11)10(2)3/h5-8,10,14H,4,9H2,1-3H3. The molecule has 0 aliphatic heterocycles. The Morgan fingerprint density at radius 2 is 1.87 bits per heavy atom. The van der Waals surface area contributed by atoms with E-state index < -0.39 is 0 Å². The van der Waals surface area contributed by atoms with Crippen LogP contribution in [0.15, 0.2) is 24.3 Å². The van der Waals surface area contributed by atoms with E-state index in [0.717, 1.165) is 5.56 Å². The van der Waals surface area contributed by atoms with Gasteiger partial charge in [-0.15, -0.1) is 0 Å². The maximum absolute atomic E-state index is 7.54. The Morgan fingerprint density at radius 1 is 1.27 bits per heavy atom. The Balaban J connectivity index is 2.60. The van der Waals surface area contributed by atoms with Gasteiger partial charge >= 0.3 is 0 Å². The lowest BCUT2D eigenvalue weighted by molar-refractivity contribution is 0.317. The van der Waals surface area contributed by atoms with E-state index in [1.165, 1.54) is 5.56 Å². The topological polar surface area (TPSA) is 33.1 Å². The number of ether oxygens (including phenoxy) is 1. The van der Waals surface area contributed by atoms with Crippen molar-refractivity contribution in [2.45, 2.75) is 33.1 Å². The van der Waals surface area contributed by atoms with Crippen LogP contribution >= 0.6 is 0 Å². The van der Waals surface area contributed by atoms with E-state index in [0.29, 0.717) is 24.8 Å². The Kier molecular flexibility index (Phi) is 4.35. The molecule has 1 aromatic rings. The van der Waals surface area contributed by atoms with Crippen molar-refractivity contribution in [2.24, 2.45) is 0 Å². The van der Waals surface area contributed by atoms with Gasteiger partial charge in [-0.2, -0.15) is 0 Å². The molecule has 0 bridgehead atoms. The molecular weight excluding hydrogens is 186 g/mol. The molecule has 0 radical (unpaired) electrons. The van der Waals surface area contributed by atoms with Gasteiger partial charge in [0, 0.05) is 6.42 Å². The van der Waals surface area contributed by atoms with E-state index in [-0.39, 0.29) is 0 Å². The molecule has 1 rings (SSSR count). The molecule has 0 amide bonds. The van der Waals surface area contributed by atoms with Crippen LogP contribution < -0.4 is 0 Å². The summed E-state index contributed by atoms with van der Waals surface area (Å²) in [5.41, 5.74) is 2.47. The number of hydrogen-bond donors (Lipinski definition) is 1. The maximum atomic E-state index is 7.54. The van der Waals surface area contributed by atoms with Crippen LogP contribution in [-0.4, -0.2) is 12.5 Å². The second-order valence-electron chi connectivity index (χ2n) is 3.93. The highest BCUT2D eigenvalue weighted by Crippen LogP contribution is 2.15. The molecule has 82 valence electrons. The zero-order chi connectivity index (χ0) is 11.3. The molecule has 0 saturated heterocycles. The molecule has 0 unspecified atom stereocenters. The van der Waals surface area contributed by atoms with Crippen LogP contribution in [0, 0.1) is 5.41 Å². The van der Waals surface area contributed by atoms with Crippen molar-refractivity contribution in [3.63, 3.8) is 0 Å². The second kappa shape index (κ2) is 5.54. The number of benzene rings is 1. The van der Waals surface area contributed by atoms with Gasteiger partial charge in [0.15, 0.2) is 5.90 Å². The molecule has 0 spiro atoms. The average Bonchev–Trinajstić information content (AvgIpc) is 2.18. The SMILES string of the molecule is CCOC(=N)Cc1ccc(C(C)C)cc1. The van der Waals surface area contributed by atoms with Crippen LogP contribution in [0.2, 0.25) is 0 Å². The van der Waals surface area contributed by atoms with Crippen molar-refractivity contribution in [3.8, 4) is 0 Å². The molecule has 0 aliphatic carbocycles. The highest BCUT2D eigenvalue weighted by molar-refractivity contribution is 5.75. The van der Waals surface area contributed by atoms with Crippen molar-refractivity contribution in [1.82, 2.24) is 0 Å². The van der Waals surface area contributed by atoms with Gasteiger partial charge in [-0.25, -0.2) is 0 Å². The fourth-order valence-corrected chi connectivity index (χ4v) is 1.43. The summed E-state index contributed by atoms with van der Waals surface area (Å²) in [6, 6.07) is 8.39. The number of nitrogens with one attached hydrogen (secondary N) is 1. The zero-order valence-corrected chi connectivity index (χ0v) is 9.71. The lowest BCUT2D eigenvalue weighted by atomic mass is 10.0. The first kappa shape index (κ1) is 11.8. The largest absolute Gasteiger partial charge is 0.481 e. The molecule has 0 fully saturated rings. The van der Waals surface area contributed by atoms with Crippen molar-refractivity contribution in [2.75, 3.05) is 6.61 Å². The van der Waals surface area contributed by atoms with Crippen LogP contribution in [0.1, 0.15) is 37.8 Å². The predicted octanol–water partition coefficient (Wildman–Crippen LogP) is 3.37. The van der Waals surface area contributed by atoms with E-state index in [1.54, 1.807) is 0 Å². The molecule has 0 aromatic heterocycles. The molecule has 0 atom stereocenters. The van der Waals surface area contributed by atoms with Crippen LogP contribution in [0.4, 0.5) is 0 Å². The maximum Gasteiger partial charge on any atom is 0.184 e. The third kappa shape index (κ3) is 3.74. The minimum atomic E-state index is 0.342. The Hall–Kier alpha value is -1.31. The molecule has 2 nitrogen and oxygen atoms in total. The monoisotopic (exact) mass is 205 g/mol. The van der Waals surface area contributed by atoms with Gasteiger partial charge < -0.3 is 4.74 Å². The van der Waals surface area contributed by atoms with Crippen LogP contribution in [-0.2, 0) is 11.2 Å². The third-order valence-corrected chi connectivity index (χ3v) is 2.33. The first-order valence-electron chi connectivity index (χ1n) is 5.42. The molecule has 15 heavy (non-hydrogen) atoms. The van der Waals surface area contributed by atoms with E-state index in [1.807, 2.05) is 6.92 Å². The third-order valence-electron chi connectivity index (χ3n) is 2.33. The average molecular weight is 205 g/mol. The van der Waals surface area contributed by atoms with E-state index >= 15 is 0 Å². The minimum Gasteiger partial charge on any atom is -0.481 e. The van der Waals surface area contributed by atoms with Gasteiger partial charge in [0.1, 0.15) is 0 Å². The zero-order valence-electron chi connectivity index (χ0n) is 9.71. The summed E-state index contributed by atoms with van der Waals surface area (Å²) in [6.07, 6.45) is 0.589. The molecule has 0 heterocycles. The van der Waals surface area contributed by atoms with Gasteiger partial charge in [-0.3, -0.25) is 5.41 Å². The molecular formula is C13H19NO. The van der Waals surface area contributed by atoms with E-state index in [2.05, 4.69) is 38.1 Å². The molecule has 2 heteroatoms. The quantitative estimate of drug-likeness (QED) is 0.593. The van der Waals surface area contributed by atoms with Crippen LogP contribution in [0.3, 0.4) is 0 Å². The van der Waals surface area contributed by atoms with Gasteiger partial charge in [-0.1, -0.05) is 38.1 Å². The Labute approximate surface area is 91.8 Å². The smallest absolute Gasteiger partial charge is 0.184 e. The summed E-state index contributed by atoms with van der Waals surface area (Å²) in [6.45, 7) is 6.83. The lowest BCUT2D eigenvalue weighted by Gasteiger charge is -2.07. The highest BCUT2D eigenvalue weighted by atomic mass is 16.5. The molecule has 0 aliphatic rings. The van der Waals surface area contributed by atoms with Gasteiger partial charge in [0.05, 0.1) is 6.61 Å². The van der Waals surface area contributed by atoms with Crippen molar-refractivity contribution in [3.05, 3.63) is 35.4 Å². The summed E-state index contributed by atoms with van der Waals surface area (Å²) in [4.78, 5) is 0. The van der Waals surface area contributed by atoms with E-state index in [4.69, 9.17) is 10.1 Å². The number of hydrogen-bond acceptors (Lipinski definition) is 2.